The fraction of sp³-hybridized carbons (Fsp3) is 0.188. The van der Waals surface area contributed by atoms with E-state index >= 15 is 0 Å². The molecule has 0 bridgehead atoms. The molecule has 0 radical (unpaired) electrons. The van der Waals surface area contributed by atoms with Crippen molar-refractivity contribution in [2.45, 2.75) is 36.5 Å². The van der Waals surface area contributed by atoms with Gasteiger partial charge in [0.1, 0.15) is 0 Å². The zero-order chi connectivity index (χ0) is 33.7. The fourth-order valence-corrected chi connectivity index (χ4v) is 5.96. The van der Waals surface area contributed by atoms with Crippen LogP contribution in [0.2, 0.25) is 0 Å². The SMILES string of the molecule is O=C1c2cc(-c3cc(C(F)(F)F)cc(C(F)(F)F)c3)ccc2C2C(=O)c3cc(-c4cc(C(F)(F)F)cc(C(F)(F)F)c4)ccc3C12. The number of ketones is 2. The Morgan fingerprint density at radius 1 is 0.370 bits per heavy atom. The van der Waals surface area contributed by atoms with Gasteiger partial charge in [-0.25, -0.2) is 0 Å². The molecule has 0 fully saturated rings. The number of Topliss-reactive ketones (excluding diaryl/α,β-unsaturated/α-hetero) is 2. The van der Waals surface area contributed by atoms with E-state index in [1.54, 1.807) is 0 Å². The van der Waals surface area contributed by atoms with Crippen molar-refractivity contribution in [2.24, 2.45) is 0 Å². The van der Waals surface area contributed by atoms with Crippen LogP contribution in [-0.2, 0) is 24.7 Å². The summed E-state index contributed by atoms with van der Waals surface area (Å²) in [5.74, 6) is -3.69. The van der Waals surface area contributed by atoms with Gasteiger partial charge in [-0.15, -0.1) is 0 Å². The van der Waals surface area contributed by atoms with Crippen LogP contribution in [0.4, 0.5) is 52.7 Å². The van der Waals surface area contributed by atoms with Gasteiger partial charge >= 0.3 is 24.7 Å². The number of benzene rings is 4. The number of hydrogen-bond donors (Lipinski definition) is 0. The minimum atomic E-state index is -5.11. The van der Waals surface area contributed by atoms with Gasteiger partial charge < -0.3 is 0 Å². The molecule has 4 aromatic rings. The van der Waals surface area contributed by atoms with E-state index in [9.17, 15) is 62.3 Å². The Morgan fingerprint density at radius 2 is 0.652 bits per heavy atom. The van der Waals surface area contributed by atoms with Crippen molar-refractivity contribution < 1.29 is 62.3 Å². The third-order valence-electron chi connectivity index (χ3n) is 8.05. The summed E-state index contributed by atoms with van der Waals surface area (Å²) >= 11 is 0. The van der Waals surface area contributed by atoms with Gasteiger partial charge in [-0.3, -0.25) is 9.59 Å². The van der Waals surface area contributed by atoms with E-state index in [2.05, 4.69) is 0 Å². The molecule has 0 spiro atoms. The molecule has 14 heteroatoms. The van der Waals surface area contributed by atoms with Crippen molar-refractivity contribution in [2.75, 3.05) is 0 Å². The molecule has 0 aromatic heterocycles. The summed E-state index contributed by atoms with van der Waals surface area (Å²) in [6.07, 6.45) is -20.5. The third-order valence-corrected chi connectivity index (χ3v) is 8.05. The van der Waals surface area contributed by atoms with Gasteiger partial charge in [0.2, 0.25) is 0 Å². The van der Waals surface area contributed by atoms with Gasteiger partial charge in [0.25, 0.3) is 0 Å². The molecule has 4 aromatic carbocycles. The molecule has 0 heterocycles. The van der Waals surface area contributed by atoms with E-state index in [1.807, 2.05) is 0 Å². The van der Waals surface area contributed by atoms with Crippen LogP contribution in [-0.4, -0.2) is 11.6 Å². The quantitative estimate of drug-likeness (QED) is 0.201. The topological polar surface area (TPSA) is 34.1 Å². The number of carbonyl (C=O) groups excluding carboxylic acids is 2. The lowest BCUT2D eigenvalue weighted by Gasteiger charge is -2.15. The van der Waals surface area contributed by atoms with Crippen LogP contribution in [0.25, 0.3) is 22.3 Å². The number of carbonyl (C=O) groups is 2. The van der Waals surface area contributed by atoms with Crippen LogP contribution in [0.3, 0.4) is 0 Å². The second kappa shape index (κ2) is 9.94. The van der Waals surface area contributed by atoms with Crippen molar-refractivity contribution in [3.8, 4) is 22.3 Å². The minimum Gasteiger partial charge on any atom is -0.293 e. The summed E-state index contributed by atoms with van der Waals surface area (Å²) in [5, 5.41) is 0. The Morgan fingerprint density at radius 3 is 0.913 bits per heavy atom. The molecule has 0 N–H and O–H groups in total. The maximum atomic E-state index is 13.5. The van der Waals surface area contributed by atoms with Gasteiger partial charge in [-0.05, 0) is 81.9 Å². The molecule has 2 nitrogen and oxygen atoms in total. The predicted octanol–water partition coefficient (Wildman–Crippen LogP) is 10.4. The summed E-state index contributed by atoms with van der Waals surface area (Å²) < 4.78 is 161. The molecule has 0 saturated carbocycles. The maximum absolute atomic E-state index is 13.5. The zero-order valence-electron chi connectivity index (χ0n) is 22.4. The van der Waals surface area contributed by atoms with Gasteiger partial charge in [0, 0.05) is 11.1 Å². The van der Waals surface area contributed by atoms with E-state index in [-0.39, 0.29) is 45.5 Å². The fourth-order valence-electron chi connectivity index (χ4n) is 5.96. The highest BCUT2D eigenvalue weighted by molar-refractivity contribution is 6.20. The molecule has 238 valence electrons. The van der Waals surface area contributed by atoms with E-state index in [0.717, 1.165) is 24.3 Å². The highest BCUT2D eigenvalue weighted by Crippen LogP contribution is 2.53. The lowest BCUT2D eigenvalue weighted by atomic mass is 9.92. The van der Waals surface area contributed by atoms with Crippen molar-refractivity contribution >= 4 is 11.6 Å². The zero-order valence-corrected chi connectivity index (χ0v) is 22.4. The third kappa shape index (κ3) is 5.22. The standard InChI is InChI=1S/C32H14F12O2/c33-29(34,35)17-5-15(6-18(11-17)30(36,37)38)13-1-3-21-23(9-13)27(45)26-22-4-2-14(10-24(22)28(46)25(21)26)16-7-19(31(39,40)41)12-20(8-16)32(42,43)44/h1-12,25-26H. The predicted molar refractivity (Wildman–Crippen MR) is 138 cm³/mol. The number of halogens is 12. The molecule has 2 unspecified atom stereocenters. The average Bonchev–Trinajstić information content (AvgIpc) is 3.41. The van der Waals surface area contributed by atoms with Crippen LogP contribution in [0.1, 0.15) is 65.9 Å². The summed E-state index contributed by atoms with van der Waals surface area (Å²) in [7, 11) is 0. The highest BCUT2D eigenvalue weighted by atomic mass is 19.4. The molecule has 2 aliphatic rings. The van der Waals surface area contributed by atoms with Crippen molar-refractivity contribution in [1.29, 1.82) is 0 Å². The summed E-state index contributed by atoms with van der Waals surface area (Å²) in [5.41, 5.74) is -7.51. The van der Waals surface area contributed by atoms with Gasteiger partial charge in [-0.1, -0.05) is 24.3 Å². The Bertz CT molecular complexity index is 1740. The van der Waals surface area contributed by atoms with Crippen LogP contribution >= 0.6 is 0 Å². The lowest BCUT2D eigenvalue weighted by Crippen LogP contribution is -2.11. The number of alkyl halides is 12. The first-order chi connectivity index (χ1) is 21.1. The molecular formula is C32H14F12O2. The number of rotatable bonds is 2. The van der Waals surface area contributed by atoms with E-state index in [0.29, 0.717) is 24.3 Å². The van der Waals surface area contributed by atoms with Gasteiger partial charge in [0.05, 0.1) is 34.1 Å². The first-order valence-electron chi connectivity index (χ1n) is 13.1. The maximum Gasteiger partial charge on any atom is 0.416 e. The van der Waals surface area contributed by atoms with Crippen LogP contribution in [0.15, 0.2) is 72.8 Å². The first-order valence-corrected chi connectivity index (χ1v) is 13.1. The second-order valence-corrected chi connectivity index (χ2v) is 10.9. The van der Waals surface area contributed by atoms with Crippen molar-refractivity contribution in [3.05, 3.63) is 117 Å². The normalized spacial score (nSPS) is 18.1. The molecule has 0 saturated heterocycles. The highest BCUT2D eigenvalue weighted by Gasteiger charge is 2.51. The molecule has 0 amide bonds. The second-order valence-electron chi connectivity index (χ2n) is 10.9. The van der Waals surface area contributed by atoms with Gasteiger partial charge in [-0.2, -0.15) is 52.7 Å². The average molecular weight is 658 g/mol. The van der Waals surface area contributed by atoms with Crippen LogP contribution in [0.5, 0.6) is 0 Å². The Labute approximate surface area is 250 Å². The Kier molecular flexibility index (Phi) is 6.78. The molecule has 46 heavy (non-hydrogen) atoms. The van der Waals surface area contributed by atoms with Crippen molar-refractivity contribution in [1.82, 2.24) is 0 Å². The Hall–Kier alpha value is -4.62. The summed E-state index contributed by atoms with van der Waals surface area (Å²) in [6, 6.07) is 8.87. The minimum absolute atomic E-state index is 0.0421. The molecule has 6 rings (SSSR count). The van der Waals surface area contributed by atoms with Crippen LogP contribution in [0, 0.1) is 0 Å². The van der Waals surface area contributed by atoms with Crippen molar-refractivity contribution in [3.63, 3.8) is 0 Å². The van der Waals surface area contributed by atoms with E-state index in [1.165, 1.54) is 12.1 Å². The summed E-state index contributed by atoms with van der Waals surface area (Å²) in [6.45, 7) is 0. The van der Waals surface area contributed by atoms with E-state index < -0.39 is 81.5 Å². The molecule has 2 aliphatic carbocycles. The lowest BCUT2D eigenvalue weighted by molar-refractivity contribution is -0.144. The van der Waals surface area contributed by atoms with E-state index in [4.69, 9.17) is 0 Å². The largest absolute Gasteiger partial charge is 0.416 e. The monoisotopic (exact) mass is 658 g/mol. The number of fused-ring (bicyclic) bond motifs is 5. The molecular weight excluding hydrogens is 644 g/mol. The smallest absolute Gasteiger partial charge is 0.293 e. The first kappa shape index (κ1) is 31.4. The molecule has 2 atom stereocenters. The molecule has 0 aliphatic heterocycles. The van der Waals surface area contributed by atoms with Crippen LogP contribution < -0.4 is 0 Å². The summed E-state index contributed by atoms with van der Waals surface area (Å²) in [4.78, 5) is 27.1. The Balaban J connectivity index is 1.40. The number of hydrogen-bond acceptors (Lipinski definition) is 2. The van der Waals surface area contributed by atoms with Gasteiger partial charge in [0.15, 0.2) is 11.6 Å².